The van der Waals surface area contributed by atoms with Crippen LogP contribution in [0.3, 0.4) is 0 Å². The maximum Gasteiger partial charge on any atom is 0.269 e. The Morgan fingerprint density at radius 2 is 2.27 bits per heavy atom. The molecule has 0 unspecified atom stereocenters. The molecular formula is C9H11ClN2O3. The Balaban J connectivity index is 0.00000196. The average molecular weight is 231 g/mol. The van der Waals surface area contributed by atoms with Crippen LogP contribution in [0.1, 0.15) is 5.56 Å². The highest BCUT2D eigenvalue weighted by Crippen LogP contribution is 2.13. The van der Waals surface area contributed by atoms with Crippen molar-refractivity contribution in [1.29, 1.82) is 5.41 Å². The first-order chi connectivity index (χ1) is 6.74. The standard InChI is InChI=1S/C9H10N2O3.ClH/c10-4-5-14-7-8-2-1-3-9(6-8)11(12)13;/h1-4,6,10H,5,7H2;1H. The number of nitro benzene ring substituents is 1. The molecule has 0 radical (unpaired) electrons. The normalized spacial score (nSPS) is 9.07. The number of hydrogen-bond acceptors (Lipinski definition) is 4. The van der Waals surface area contributed by atoms with Crippen molar-refractivity contribution in [1.82, 2.24) is 0 Å². The zero-order valence-corrected chi connectivity index (χ0v) is 8.70. The summed E-state index contributed by atoms with van der Waals surface area (Å²) in [5, 5.41) is 17.1. The molecule has 0 atom stereocenters. The summed E-state index contributed by atoms with van der Waals surface area (Å²) >= 11 is 0. The van der Waals surface area contributed by atoms with Crippen molar-refractivity contribution >= 4 is 24.3 Å². The van der Waals surface area contributed by atoms with Gasteiger partial charge in [-0.15, -0.1) is 12.4 Å². The van der Waals surface area contributed by atoms with Gasteiger partial charge in [-0.1, -0.05) is 12.1 Å². The van der Waals surface area contributed by atoms with Crippen LogP contribution < -0.4 is 0 Å². The van der Waals surface area contributed by atoms with E-state index in [1.165, 1.54) is 12.1 Å². The molecule has 0 aliphatic heterocycles. The van der Waals surface area contributed by atoms with E-state index in [0.29, 0.717) is 0 Å². The summed E-state index contributed by atoms with van der Waals surface area (Å²) in [6, 6.07) is 6.25. The molecule has 0 aliphatic carbocycles. The lowest BCUT2D eigenvalue weighted by atomic mass is 10.2. The second kappa shape index (κ2) is 6.92. The maximum atomic E-state index is 10.4. The van der Waals surface area contributed by atoms with Crippen molar-refractivity contribution in [3.05, 3.63) is 39.9 Å². The van der Waals surface area contributed by atoms with E-state index in [0.717, 1.165) is 11.8 Å². The summed E-state index contributed by atoms with van der Waals surface area (Å²) in [5.74, 6) is 0. The zero-order valence-electron chi connectivity index (χ0n) is 7.88. The van der Waals surface area contributed by atoms with Gasteiger partial charge in [-0.05, 0) is 5.56 Å². The van der Waals surface area contributed by atoms with Gasteiger partial charge < -0.3 is 10.1 Å². The van der Waals surface area contributed by atoms with Crippen LogP contribution in [-0.4, -0.2) is 17.7 Å². The molecule has 0 spiro atoms. The number of ether oxygens (including phenoxy) is 1. The first-order valence-corrected chi connectivity index (χ1v) is 4.04. The summed E-state index contributed by atoms with van der Waals surface area (Å²) in [4.78, 5) is 9.97. The topological polar surface area (TPSA) is 76.2 Å². The van der Waals surface area contributed by atoms with Crippen molar-refractivity contribution in [2.45, 2.75) is 6.61 Å². The molecule has 0 aromatic heterocycles. The molecule has 1 N–H and O–H groups in total. The molecule has 0 saturated carbocycles. The lowest BCUT2D eigenvalue weighted by molar-refractivity contribution is -0.384. The first kappa shape index (κ1) is 13.5. The van der Waals surface area contributed by atoms with Crippen LogP contribution in [-0.2, 0) is 11.3 Å². The van der Waals surface area contributed by atoms with Gasteiger partial charge in [0.1, 0.15) is 0 Å². The number of nitrogens with one attached hydrogen (secondary N) is 1. The molecule has 0 amide bonds. The third-order valence-electron chi connectivity index (χ3n) is 1.59. The highest BCUT2D eigenvalue weighted by atomic mass is 35.5. The molecule has 0 heterocycles. The summed E-state index contributed by atoms with van der Waals surface area (Å²) in [7, 11) is 0. The van der Waals surface area contributed by atoms with Crippen molar-refractivity contribution in [2.24, 2.45) is 0 Å². The van der Waals surface area contributed by atoms with E-state index in [9.17, 15) is 10.1 Å². The Morgan fingerprint density at radius 1 is 1.53 bits per heavy atom. The first-order valence-electron chi connectivity index (χ1n) is 4.04. The van der Waals surface area contributed by atoms with Gasteiger partial charge in [0.15, 0.2) is 0 Å². The minimum atomic E-state index is -0.444. The molecule has 0 fully saturated rings. The van der Waals surface area contributed by atoms with Gasteiger partial charge >= 0.3 is 0 Å². The number of halogens is 1. The minimum absolute atomic E-state index is 0. The van der Waals surface area contributed by atoms with E-state index in [-0.39, 0.29) is 31.3 Å². The van der Waals surface area contributed by atoms with Crippen molar-refractivity contribution in [3.8, 4) is 0 Å². The fourth-order valence-corrected chi connectivity index (χ4v) is 0.996. The average Bonchev–Trinajstić information content (AvgIpc) is 2.19. The molecular weight excluding hydrogens is 220 g/mol. The summed E-state index contributed by atoms with van der Waals surface area (Å²) in [6.45, 7) is 0.514. The molecule has 1 aromatic rings. The molecule has 1 aromatic carbocycles. The lowest BCUT2D eigenvalue weighted by Crippen LogP contribution is -1.96. The number of benzene rings is 1. The second-order valence-corrected chi connectivity index (χ2v) is 2.65. The van der Waals surface area contributed by atoms with Gasteiger partial charge in [-0.3, -0.25) is 10.1 Å². The van der Waals surface area contributed by atoms with Gasteiger partial charge in [0.05, 0.1) is 18.1 Å². The predicted octanol–water partition coefficient (Wildman–Crippen LogP) is 2.18. The van der Waals surface area contributed by atoms with Crippen LogP contribution in [0.5, 0.6) is 0 Å². The Bertz CT molecular complexity index is 344. The Hall–Kier alpha value is -1.46. The maximum absolute atomic E-state index is 10.4. The molecule has 15 heavy (non-hydrogen) atoms. The minimum Gasteiger partial charge on any atom is -0.371 e. The molecule has 6 heteroatoms. The number of non-ortho nitro benzene ring substituents is 1. The van der Waals surface area contributed by atoms with E-state index in [2.05, 4.69) is 0 Å². The number of hydrogen-bond donors (Lipinski definition) is 1. The van der Waals surface area contributed by atoms with Gasteiger partial charge in [0.2, 0.25) is 0 Å². The highest BCUT2D eigenvalue weighted by molar-refractivity contribution is 5.85. The summed E-state index contributed by atoms with van der Waals surface area (Å²) < 4.78 is 5.04. The number of nitrogens with zero attached hydrogens (tertiary/aromatic N) is 1. The predicted molar refractivity (Wildman–Crippen MR) is 58.8 cm³/mol. The SMILES string of the molecule is Cl.N=CCOCc1cccc([N+](=O)[O-])c1. The van der Waals surface area contributed by atoms with Crippen LogP contribution in [0.2, 0.25) is 0 Å². The van der Waals surface area contributed by atoms with E-state index in [4.69, 9.17) is 10.1 Å². The van der Waals surface area contributed by atoms with Gasteiger partial charge in [0, 0.05) is 18.3 Å². The molecule has 5 nitrogen and oxygen atoms in total. The summed E-state index contributed by atoms with van der Waals surface area (Å²) in [6.07, 6.45) is 1.14. The molecule has 1 rings (SSSR count). The van der Waals surface area contributed by atoms with Crippen molar-refractivity contribution < 1.29 is 9.66 Å². The summed E-state index contributed by atoms with van der Waals surface area (Å²) in [5.41, 5.74) is 0.794. The van der Waals surface area contributed by atoms with Gasteiger partial charge in [-0.25, -0.2) is 0 Å². The smallest absolute Gasteiger partial charge is 0.269 e. The Kier molecular flexibility index (Phi) is 6.24. The third kappa shape index (κ3) is 4.53. The molecule has 82 valence electrons. The Labute approximate surface area is 93.1 Å². The van der Waals surface area contributed by atoms with Gasteiger partial charge in [0.25, 0.3) is 5.69 Å². The Morgan fingerprint density at radius 3 is 2.87 bits per heavy atom. The lowest BCUT2D eigenvalue weighted by Gasteiger charge is -2.00. The third-order valence-corrected chi connectivity index (χ3v) is 1.59. The fourth-order valence-electron chi connectivity index (χ4n) is 0.996. The zero-order chi connectivity index (χ0) is 10.4. The van der Waals surface area contributed by atoms with Crippen LogP contribution in [0, 0.1) is 15.5 Å². The number of rotatable bonds is 5. The van der Waals surface area contributed by atoms with Crippen LogP contribution in [0.4, 0.5) is 5.69 Å². The second-order valence-electron chi connectivity index (χ2n) is 2.65. The highest BCUT2D eigenvalue weighted by Gasteiger charge is 2.04. The van der Waals surface area contributed by atoms with Crippen LogP contribution in [0.15, 0.2) is 24.3 Å². The molecule has 0 saturated heterocycles. The van der Waals surface area contributed by atoms with E-state index in [1.807, 2.05) is 0 Å². The largest absolute Gasteiger partial charge is 0.371 e. The van der Waals surface area contributed by atoms with Gasteiger partial charge in [-0.2, -0.15) is 0 Å². The number of nitro groups is 1. The molecule has 0 bridgehead atoms. The van der Waals surface area contributed by atoms with Crippen molar-refractivity contribution in [3.63, 3.8) is 0 Å². The van der Waals surface area contributed by atoms with E-state index in [1.54, 1.807) is 12.1 Å². The quantitative estimate of drug-likeness (QED) is 0.365. The monoisotopic (exact) mass is 230 g/mol. The van der Waals surface area contributed by atoms with Crippen LogP contribution >= 0.6 is 12.4 Å². The van der Waals surface area contributed by atoms with Crippen LogP contribution in [0.25, 0.3) is 0 Å². The van der Waals surface area contributed by atoms with E-state index >= 15 is 0 Å². The van der Waals surface area contributed by atoms with E-state index < -0.39 is 4.92 Å². The molecule has 0 aliphatic rings. The van der Waals surface area contributed by atoms with Crippen molar-refractivity contribution in [2.75, 3.05) is 6.61 Å². The fraction of sp³-hybridized carbons (Fsp3) is 0.222.